The van der Waals surface area contributed by atoms with Crippen molar-refractivity contribution in [3.05, 3.63) is 87.7 Å². The van der Waals surface area contributed by atoms with Crippen LogP contribution in [0.5, 0.6) is 11.5 Å². The number of nitro groups is 1. The third-order valence-corrected chi connectivity index (χ3v) is 15.6. The van der Waals surface area contributed by atoms with E-state index in [2.05, 4.69) is 56.0 Å². The fourth-order valence-corrected chi connectivity index (χ4v) is 11.6. The zero-order valence-corrected chi connectivity index (χ0v) is 36.7. The monoisotopic (exact) mass is 866 g/mol. The first-order valence-electron chi connectivity index (χ1n) is 22.1. The Balaban J connectivity index is 0.919. The number of aromatic nitrogens is 2. The van der Waals surface area contributed by atoms with Crippen molar-refractivity contribution in [3.63, 3.8) is 0 Å². The summed E-state index contributed by atoms with van der Waals surface area (Å²) in [5.74, 6) is 1.38. The van der Waals surface area contributed by atoms with Crippen LogP contribution in [0, 0.1) is 33.3 Å². The first kappa shape index (κ1) is 42.3. The van der Waals surface area contributed by atoms with Crippen molar-refractivity contribution in [1.29, 1.82) is 0 Å². The van der Waals surface area contributed by atoms with Crippen molar-refractivity contribution in [2.45, 2.75) is 75.6 Å². The molecule has 2 saturated heterocycles. The van der Waals surface area contributed by atoms with Crippen LogP contribution in [0.1, 0.15) is 75.6 Å². The summed E-state index contributed by atoms with van der Waals surface area (Å²) in [6, 6.07) is 12.4. The number of nitrogens with one attached hydrogen (secondary N) is 4. The molecule has 2 aromatic carbocycles. The second-order valence-electron chi connectivity index (χ2n) is 18.9. The van der Waals surface area contributed by atoms with E-state index in [-0.39, 0.29) is 22.9 Å². The van der Waals surface area contributed by atoms with Crippen LogP contribution in [0.3, 0.4) is 0 Å². The Morgan fingerprint density at radius 1 is 1.05 bits per heavy atom. The molecule has 5 fully saturated rings. The van der Waals surface area contributed by atoms with Crippen LogP contribution in [0.2, 0.25) is 0 Å². The standard InChI is InChI=1S/C46H58N8O7S/c1-45(2)12-8-32(38(25-45)39-26-46(47-3)23-33(39)24-46)29-52-14-16-53(17-15-52)34-4-6-37(42(21-34)61-35-20-31-9-13-48-43(31)50-28-35)44(55)51-62(58,59)36-5-7-40(41(22-36)54(56)57)49-27-30-10-18-60-19-11-30/h4-7,9,13,20-22,28,30,33,39,47,49H,8,10-12,14-19,23-27,29H2,1-3H3,(H,48,50)(H,51,55). The van der Waals surface area contributed by atoms with Gasteiger partial charge in [-0.3, -0.25) is 19.8 Å². The highest BCUT2D eigenvalue weighted by atomic mass is 32.2. The van der Waals surface area contributed by atoms with Gasteiger partial charge in [-0.1, -0.05) is 25.0 Å². The number of nitrogens with zero attached hydrogens (tertiary/aromatic N) is 4. The van der Waals surface area contributed by atoms with Crippen LogP contribution in [-0.2, 0) is 14.8 Å². The SMILES string of the molecule is CNC12CC(C1)C(C1=C(CN3CCN(c4ccc(C(=O)NS(=O)(=O)c5ccc(NCC6CCOCC6)c([N+](=O)[O-])c5)c(Oc5cnc6[nH]ccc6c5)c4)CC3)CCC(C)(C)C1)C2. The van der Waals surface area contributed by atoms with E-state index in [1.807, 2.05) is 12.1 Å². The minimum Gasteiger partial charge on any atom is -0.455 e. The number of piperazine rings is 1. The van der Waals surface area contributed by atoms with E-state index in [0.717, 1.165) is 75.0 Å². The number of aromatic amines is 1. The van der Waals surface area contributed by atoms with Gasteiger partial charge >= 0.3 is 0 Å². The van der Waals surface area contributed by atoms with E-state index in [0.29, 0.717) is 48.0 Å². The summed E-state index contributed by atoms with van der Waals surface area (Å²) in [7, 11) is -2.41. The number of carbonyl (C=O) groups is 1. The van der Waals surface area contributed by atoms with Gasteiger partial charge in [0.15, 0.2) is 0 Å². The molecule has 2 aliphatic heterocycles. The lowest BCUT2D eigenvalue weighted by Gasteiger charge is -2.41. The molecular weight excluding hydrogens is 809 g/mol. The minimum absolute atomic E-state index is 0.0149. The summed E-state index contributed by atoms with van der Waals surface area (Å²) in [5, 5.41) is 19.7. The Labute approximate surface area is 363 Å². The normalized spacial score (nSPS) is 24.2. The maximum atomic E-state index is 13.9. The number of carbonyl (C=O) groups excluding carboxylic acids is 1. The molecule has 3 saturated carbocycles. The van der Waals surface area contributed by atoms with Gasteiger partial charge in [0, 0.05) is 87.4 Å². The quantitative estimate of drug-likeness (QED) is 0.0567. The van der Waals surface area contributed by atoms with Crippen LogP contribution in [0.25, 0.3) is 11.0 Å². The Kier molecular flexibility index (Phi) is 11.5. The van der Waals surface area contributed by atoms with Crippen molar-refractivity contribution >= 4 is 44.0 Å². The predicted octanol–water partition coefficient (Wildman–Crippen LogP) is 7.24. The summed E-state index contributed by atoms with van der Waals surface area (Å²) < 4.78 is 41.3. The summed E-state index contributed by atoms with van der Waals surface area (Å²) in [5.41, 5.74) is 5.38. The lowest BCUT2D eigenvalue weighted by molar-refractivity contribution is -0.384. The average molecular weight is 867 g/mol. The Hall–Kier alpha value is -5.03. The Morgan fingerprint density at radius 3 is 2.58 bits per heavy atom. The van der Waals surface area contributed by atoms with Gasteiger partial charge in [-0.15, -0.1) is 0 Å². The van der Waals surface area contributed by atoms with Crippen molar-refractivity contribution in [2.75, 3.05) is 69.7 Å². The van der Waals surface area contributed by atoms with Crippen LogP contribution in [0.15, 0.2) is 77.0 Å². The van der Waals surface area contributed by atoms with Crippen LogP contribution < -0.4 is 25.0 Å². The summed E-state index contributed by atoms with van der Waals surface area (Å²) >= 11 is 0. The zero-order valence-electron chi connectivity index (χ0n) is 35.9. The van der Waals surface area contributed by atoms with Crippen molar-refractivity contribution < 1.29 is 27.6 Å². The molecule has 6 aliphatic rings. The van der Waals surface area contributed by atoms with E-state index >= 15 is 0 Å². The lowest BCUT2D eigenvalue weighted by Crippen LogP contribution is -2.47. The molecule has 62 heavy (non-hydrogen) atoms. The van der Waals surface area contributed by atoms with Gasteiger partial charge in [0.05, 0.1) is 21.6 Å². The molecule has 330 valence electrons. The van der Waals surface area contributed by atoms with Gasteiger partial charge in [-0.2, -0.15) is 0 Å². The molecule has 4 aliphatic carbocycles. The number of ether oxygens (including phenoxy) is 2. The highest BCUT2D eigenvalue weighted by Crippen LogP contribution is 2.60. The van der Waals surface area contributed by atoms with Gasteiger partial charge in [-0.25, -0.2) is 18.1 Å². The second-order valence-corrected chi connectivity index (χ2v) is 20.6. The van der Waals surface area contributed by atoms with Crippen molar-refractivity contribution in [1.82, 2.24) is 24.9 Å². The van der Waals surface area contributed by atoms with Gasteiger partial charge in [-0.05, 0) is 118 Å². The third kappa shape index (κ3) is 8.79. The van der Waals surface area contributed by atoms with Crippen LogP contribution in [-0.4, -0.2) is 99.2 Å². The van der Waals surface area contributed by atoms with E-state index in [1.165, 1.54) is 44.2 Å². The number of hydrogen-bond acceptors (Lipinski definition) is 12. The number of fused-ring (bicyclic) bond motifs is 2. The van der Waals surface area contributed by atoms with Gasteiger partial charge < -0.3 is 30.0 Å². The molecule has 1 unspecified atom stereocenters. The number of nitro benzene ring substituents is 1. The number of benzene rings is 2. The average Bonchev–Trinajstić information content (AvgIpc) is 3.98. The summed E-state index contributed by atoms with van der Waals surface area (Å²) in [4.78, 5) is 37.4. The Morgan fingerprint density at radius 2 is 1.84 bits per heavy atom. The van der Waals surface area contributed by atoms with Crippen molar-refractivity contribution in [3.8, 4) is 11.5 Å². The topological polar surface area (TPSA) is 184 Å². The molecule has 1 atom stereocenters. The lowest BCUT2D eigenvalue weighted by atomic mass is 9.68. The molecule has 10 rings (SSSR count). The zero-order chi connectivity index (χ0) is 43.2. The molecule has 4 aromatic rings. The highest BCUT2D eigenvalue weighted by Gasteiger charge is 2.56. The summed E-state index contributed by atoms with van der Waals surface area (Å²) in [6.07, 6.45) is 12.4. The van der Waals surface area contributed by atoms with Crippen molar-refractivity contribution in [2.24, 2.45) is 23.2 Å². The predicted molar refractivity (Wildman–Crippen MR) is 238 cm³/mol. The molecule has 2 aromatic heterocycles. The number of anilines is 2. The van der Waals surface area contributed by atoms with Gasteiger partial charge in [0.2, 0.25) is 0 Å². The van der Waals surface area contributed by atoms with E-state index < -0.39 is 31.4 Å². The van der Waals surface area contributed by atoms with Crippen LogP contribution in [0.4, 0.5) is 17.1 Å². The number of sulfonamides is 1. The fraction of sp³-hybridized carbons (Fsp3) is 0.522. The summed E-state index contributed by atoms with van der Waals surface area (Å²) in [6.45, 7) is 10.9. The molecule has 0 spiro atoms. The number of H-pyrrole nitrogens is 1. The number of hydrogen-bond donors (Lipinski definition) is 4. The maximum absolute atomic E-state index is 13.9. The van der Waals surface area contributed by atoms with E-state index in [1.54, 1.807) is 41.7 Å². The van der Waals surface area contributed by atoms with Crippen LogP contribution >= 0.6 is 0 Å². The molecule has 2 bridgehead atoms. The largest absolute Gasteiger partial charge is 0.455 e. The highest BCUT2D eigenvalue weighted by molar-refractivity contribution is 7.90. The molecule has 16 heteroatoms. The first-order valence-corrected chi connectivity index (χ1v) is 23.5. The molecule has 15 nitrogen and oxygen atoms in total. The minimum atomic E-state index is -4.54. The van der Waals surface area contributed by atoms with E-state index in [9.17, 15) is 23.3 Å². The number of allylic oxidation sites excluding steroid dienone is 1. The number of rotatable bonds is 14. The second kappa shape index (κ2) is 16.9. The first-order chi connectivity index (χ1) is 29.8. The maximum Gasteiger partial charge on any atom is 0.293 e. The molecule has 0 radical (unpaired) electrons. The molecular formula is C46H58N8O7S. The Bertz CT molecular complexity index is 2480. The van der Waals surface area contributed by atoms with Gasteiger partial charge in [0.1, 0.15) is 22.8 Å². The molecule has 4 N–H and O–H groups in total. The van der Waals surface area contributed by atoms with Gasteiger partial charge in [0.25, 0.3) is 21.6 Å². The number of pyridine rings is 1. The molecule has 1 amide bonds. The smallest absolute Gasteiger partial charge is 0.293 e. The molecule has 4 heterocycles. The number of amides is 1. The van der Waals surface area contributed by atoms with E-state index in [4.69, 9.17) is 9.47 Å². The fourth-order valence-electron chi connectivity index (χ4n) is 10.6. The third-order valence-electron chi connectivity index (χ3n) is 14.3.